The van der Waals surface area contributed by atoms with E-state index in [1.165, 1.54) is 12.3 Å². The van der Waals surface area contributed by atoms with Crippen LogP contribution in [0.3, 0.4) is 0 Å². The Morgan fingerprint density at radius 3 is 2.59 bits per heavy atom. The Kier molecular flexibility index (Phi) is 5.17. The van der Waals surface area contributed by atoms with Crippen LogP contribution in [0, 0.1) is 0 Å². The van der Waals surface area contributed by atoms with Gasteiger partial charge in [-0.2, -0.15) is 0 Å². The van der Waals surface area contributed by atoms with Crippen molar-refractivity contribution in [1.29, 1.82) is 0 Å². The van der Waals surface area contributed by atoms with Crippen molar-refractivity contribution in [1.82, 2.24) is 14.5 Å². The number of oxazole rings is 1. The van der Waals surface area contributed by atoms with Gasteiger partial charge in [0.25, 0.3) is 11.7 Å². The van der Waals surface area contributed by atoms with Gasteiger partial charge >= 0.3 is 0 Å². The lowest BCUT2D eigenvalue weighted by Crippen LogP contribution is -2.04. The van der Waals surface area contributed by atoms with Gasteiger partial charge in [0.2, 0.25) is 0 Å². The van der Waals surface area contributed by atoms with Crippen LogP contribution in [0.5, 0.6) is 5.75 Å². The number of ketones is 1. The van der Waals surface area contributed by atoms with E-state index < -0.39 is 5.78 Å². The molecular weight excluding hydrogens is 449 g/mol. The Labute approximate surface area is 192 Å². The molecule has 32 heavy (non-hydrogen) atoms. The fourth-order valence-corrected chi connectivity index (χ4v) is 4.03. The Morgan fingerprint density at radius 2 is 1.84 bits per heavy atom. The second kappa shape index (κ2) is 8.15. The van der Waals surface area contributed by atoms with E-state index >= 15 is 0 Å². The molecule has 6 nitrogen and oxygen atoms in total. The fraction of sp³-hybridized carbons (Fsp3) is 0.0417. The normalized spacial score (nSPS) is 11.2. The first-order chi connectivity index (χ1) is 15.5. The molecule has 0 fully saturated rings. The van der Waals surface area contributed by atoms with Crippen LogP contribution < -0.4 is 0 Å². The Morgan fingerprint density at radius 1 is 1.03 bits per heavy atom. The SMILES string of the molecule is O=C(c1ncc(-c2ccccn2)o1)c1c(Cl)n(Cc2ccc(Cl)cc2)c2ccc(O)cc12. The van der Waals surface area contributed by atoms with E-state index in [1.807, 2.05) is 18.2 Å². The fourth-order valence-electron chi connectivity index (χ4n) is 3.57. The maximum atomic E-state index is 13.4. The lowest BCUT2D eigenvalue weighted by atomic mass is 10.1. The maximum Gasteiger partial charge on any atom is 0.269 e. The molecule has 5 aromatic rings. The molecule has 0 aliphatic rings. The first-order valence-corrected chi connectivity index (χ1v) is 10.4. The van der Waals surface area contributed by atoms with Crippen LogP contribution in [0.2, 0.25) is 10.2 Å². The van der Waals surface area contributed by atoms with Crippen LogP contribution in [-0.2, 0) is 6.54 Å². The highest BCUT2D eigenvalue weighted by Crippen LogP contribution is 2.35. The molecule has 0 unspecified atom stereocenters. The topological polar surface area (TPSA) is 81.2 Å². The maximum absolute atomic E-state index is 13.4. The van der Waals surface area contributed by atoms with Crippen molar-refractivity contribution in [3.05, 3.63) is 100 Å². The smallest absolute Gasteiger partial charge is 0.269 e. The summed E-state index contributed by atoms with van der Waals surface area (Å²) in [6.07, 6.45) is 3.08. The summed E-state index contributed by atoms with van der Waals surface area (Å²) in [6, 6.07) is 17.5. The van der Waals surface area contributed by atoms with Crippen molar-refractivity contribution in [2.24, 2.45) is 0 Å². The third-order valence-corrected chi connectivity index (χ3v) is 5.73. The number of benzene rings is 2. The zero-order chi connectivity index (χ0) is 22.2. The summed E-state index contributed by atoms with van der Waals surface area (Å²) in [6.45, 7) is 0.412. The van der Waals surface area contributed by atoms with Crippen LogP contribution in [0.4, 0.5) is 0 Å². The molecule has 0 atom stereocenters. The predicted molar refractivity (Wildman–Crippen MR) is 122 cm³/mol. The number of hydrogen-bond donors (Lipinski definition) is 1. The number of fused-ring (bicyclic) bond motifs is 1. The first kappa shape index (κ1) is 20.3. The summed E-state index contributed by atoms with van der Waals surface area (Å²) < 4.78 is 7.49. The summed E-state index contributed by atoms with van der Waals surface area (Å²) in [7, 11) is 0. The zero-order valence-corrected chi connectivity index (χ0v) is 18.0. The number of hydrogen-bond acceptors (Lipinski definition) is 5. The van der Waals surface area contributed by atoms with Gasteiger partial charge in [-0.15, -0.1) is 0 Å². The van der Waals surface area contributed by atoms with E-state index in [1.54, 1.807) is 47.2 Å². The molecule has 0 aliphatic carbocycles. The summed E-state index contributed by atoms with van der Waals surface area (Å²) in [4.78, 5) is 21.7. The number of nitrogens with zero attached hydrogens (tertiary/aromatic N) is 3. The molecule has 158 valence electrons. The van der Waals surface area contributed by atoms with Gasteiger partial charge in [-0.05, 0) is 48.0 Å². The number of rotatable bonds is 5. The molecule has 5 rings (SSSR count). The Hall–Kier alpha value is -3.61. The second-order valence-electron chi connectivity index (χ2n) is 7.15. The van der Waals surface area contributed by atoms with Crippen LogP contribution in [-0.4, -0.2) is 25.4 Å². The number of phenols is 1. The molecule has 0 amide bonds. The summed E-state index contributed by atoms with van der Waals surface area (Å²) in [5.41, 5.74) is 2.42. The minimum atomic E-state index is -0.484. The molecule has 3 heterocycles. The lowest BCUT2D eigenvalue weighted by Gasteiger charge is -2.08. The van der Waals surface area contributed by atoms with Crippen LogP contribution in [0.1, 0.15) is 21.8 Å². The number of aromatic nitrogens is 3. The van der Waals surface area contributed by atoms with Crippen LogP contribution >= 0.6 is 23.2 Å². The number of aromatic hydroxyl groups is 1. The number of pyridine rings is 1. The van der Waals surface area contributed by atoms with E-state index in [4.69, 9.17) is 27.6 Å². The van der Waals surface area contributed by atoms with Gasteiger partial charge in [-0.25, -0.2) is 4.98 Å². The molecule has 0 saturated heterocycles. The van der Waals surface area contributed by atoms with Crippen molar-refractivity contribution in [2.45, 2.75) is 6.54 Å². The number of halogens is 2. The average Bonchev–Trinajstić information content (AvgIpc) is 3.39. The van der Waals surface area contributed by atoms with Gasteiger partial charge < -0.3 is 14.1 Å². The van der Waals surface area contributed by atoms with E-state index in [2.05, 4.69) is 9.97 Å². The van der Waals surface area contributed by atoms with Gasteiger partial charge in [0, 0.05) is 23.2 Å². The molecule has 3 aromatic heterocycles. The molecule has 2 aromatic carbocycles. The number of carbonyl (C=O) groups excluding carboxylic acids is 1. The molecular formula is C24H15Cl2N3O3. The van der Waals surface area contributed by atoms with E-state index in [-0.39, 0.29) is 22.4 Å². The zero-order valence-electron chi connectivity index (χ0n) is 16.5. The van der Waals surface area contributed by atoms with Crippen LogP contribution in [0.15, 0.2) is 77.5 Å². The number of phenolic OH excluding ortho intramolecular Hbond substituents is 1. The van der Waals surface area contributed by atoms with E-state index in [9.17, 15) is 9.90 Å². The minimum Gasteiger partial charge on any atom is -0.508 e. The van der Waals surface area contributed by atoms with Crippen molar-refractivity contribution >= 4 is 39.9 Å². The predicted octanol–water partition coefficient (Wildman–Crippen LogP) is 5.98. The highest BCUT2D eigenvalue weighted by molar-refractivity contribution is 6.36. The molecule has 0 radical (unpaired) electrons. The quantitative estimate of drug-likeness (QED) is 0.324. The third kappa shape index (κ3) is 3.64. The van der Waals surface area contributed by atoms with E-state index in [0.29, 0.717) is 33.9 Å². The Balaban J connectivity index is 1.60. The van der Waals surface area contributed by atoms with Gasteiger partial charge in [0.15, 0.2) is 5.76 Å². The van der Waals surface area contributed by atoms with Gasteiger partial charge in [-0.3, -0.25) is 9.78 Å². The largest absolute Gasteiger partial charge is 0.508 e. The van der Waals surface area contributed by atoms with Gasteiger partial charge in [0.05, 0.1) is 17.3 Å². The molecule has 0 saturated carbocycles. The van der Waals surface area contributed by atoms with Crippen molar-refractivity contribution in [2.75, 3.05) is 0 Å². The summed E-state index contributed by atoms with van der Waals surface area (Å²) >= 11 is 12.7. The lowest BCUT2D eigenvalue weighted by molar-refractivity contribution is 0.100. The van der Waals surface area contributed by atoms with Crippen molar-refractivity contribution in [3.63, 3.8) is 0 Å². The molecule has 8 heteroatoms. The first-order valence-electron chi connectivity index (χ1n) is 9.68. The third-order valence-electron chi connectivity index (χ3n) is 5.08. The Bertz CT molecular complexity index is 1440. The average molecular weight is 464 g/mol. The minimum absolute atomic E-state index is 0.0217. The van der Waals surface area contributed by atoms with E-state index in [0.717, 1.165) is 5.56 Å². The van der Waals surface area contributed by atoms with Gasteiger partial charge in [0.1, 0.15) is 16.6 Å². The number of carbonyl (C=O) groups is 1. The summed E-state index contributed by atoms with van der Waals surface area (Å²) in [5.74, 6) is -0.199. The van der Waals surface area contributed by atoms with Crippen molar-refractivity contribution < 1.29 is 14.3 Å². The highest BCUT2D eigenvalue weighted by atomic mass is 35.5. The second-order valence-corrected chi connectivity index (χ2v) is 7.95. The van der Waals surface area contributed by atoms with Crippen LogP contribution in [0.25, 0.3) is 22.4 Å². The molecule has 0 aliphatic heterocycles. The summed E-state index contributed by atoms with van der Waals surface area (Å²) in [5, 5.41) is 11.4. The monoisotopic (exact) mass is 463 g/mol. The highest BCUT2D eigenvalue weighted by Gasteiger charge is 2.26. The molecule has 1 N–H and O–H groups in total. The van der Waals surface area contributed by atoms with Gasteiger partial charge in [-0.1, -0.05) is 41.4 Å². The van der Waals surface area contributed by atoms with Crippen molar-refractivity contribution in [3.8, 4) is 17.2 Å². The molecule has 0 bridgehead atoms. The standard InChI is InChI=1S/C24H15Cl2N3O3/c25-15-6-4-14(5-7-15)13-29-19-9-8-16(30)11-17(19)21(23(29)26)22(31)24-28-12-20(32-24)18-3-1-2-10-27-18/h1-12,30H,13H2. The molecule has 0 spiro atoms.